The summed E-state index contributed by atoms with van der Waals surface area (Å²) < 4.78 is 33.8. The first-order chi connectivity index (χ1) is 11.4. The number of Topliss-reactive ketones (excluding diaryl/α,β-unsaturated/α-hetero) is 1. The molecule has 7 nitrogen and oxygen atoms in total. The van der Waals surface area contributed by atoms with Gasteiger partial charge in [0.15, 0.2) is 0 Å². The lowest BCUT2D eigenvalue weighted by Gasteiger charge is -2.36. The van der Waals surface area contributed by atoms with Crippen LogP contribution in [0, 0.1) is 5.92 Å². The van der Waals surface area contributed by atoms with Crippen molar-refractivity contribution in [2.24, 2.45) is 5.92 Å². The number of piperidine rings is 1. The maximum Gasteiger partial charge on any atom is 0.434 e. The lowest BCUT2D eigenvalue weighted by atomic mass is 9.83. The predicted octanol–water partition coefficient (Wildman–Crippen LogP) is 1.46. The molecule has 9 heteroatoms. The summed E-state index contributed by atoms with van der Waals surface area (Å²) in [5.41, 5.74) is 0. The Labute approximate surface area is 136 Å². The van der Waals surface area contributed by atoms with Gasteiger partial charge in [0.05, 0.1) is 0 Å². The summed E-state index contributed by atoms with van der Waals surface area (Å²) in [5.74, 6) is -6.70. The second kappa shape index (κ2) is 6.45. The first-order valence-corrected chi connectivity index (χ1v) is 8.12. The number of hydrogen-bond donors (Lipinski definition) is 1. The standard InChI is InChI=1S/C15H19F2N3O4/c16-15(17,10-2-1-3-11(21)8-10)13(22)20-6-4-9(5-7-20)12-18-19-14(23)24-12/h9-10H,1-8H2,(H,19,23). The Morgan fingerprint density at radius 1 is 1.25 bits per heavy atom. The summed E-state index contributed by atoms with van der Waals surface area (Å²) in [6, 6.07) is 0. The molecule has 1 aliphatic heterocycles. The Morgan fingerprint density at radius 3 is 2.54 bits per heavy atom. The number of halogens is 2. The summed E-state index contributed by atoms with van der Waals surface area (Å²) in [4.78, 5) is 35.8. The molecule has 0 aromatic carbocycles. The summed E-state index contributed by atoms with van der Waals surface area (Å²) in [7, 11) is 0. The van der Waals surface area contributed by atoms with Gasteiger partial charge < -0.3 is 9.32 Å². The third-order valence-electron chi connectivity index (χ3n) is 4.87. The average molecular weight is 343 g/mol. The highest BCUT2D eigenvalue weighted by atomic mass is 19.3. The maximum absolute atomic E-state index is 14.5. The lowest BCUT2D eigenvalue weighted by molar-refractivity contribution is -0.169. The van der Waals surface area contributed by atoms with Gasteiger partial charge in [-0.25, -0.2) is 9.89 Å². The van der Waals surface area contributed by atoms with E-state index in [1.807, 2.05) is 0 Å². The first-order valence-electron chi connectivity index (χ1n) is 8.12. The van der Waals surface area contributed by atoms with Gasteiger partial charge in [-0.1, -0.05) is 0 Å². The van der Waals surface area contributed by atoms with Gasteiger partial charge in [-0.15, -0.1) is 5.10 Å². The monoisotopic (exact) mass is 343 g/mol. The van der Waals surface area contributed by atoms with Crippen molar-refractivity contribution < 1.29 is 22.8 Å². The molecule has 3 rings (SSSR count). The number of carbonyl (C=O) groups is 2. The summed E-state index contributed by atoms with van der Waals surface area (Å²) >= 11 is 0. The van der Waals surface area contributed by atoms with E-state index in [9.17, 15) is 23.2 Å². The minimum Gasteiger partial charge on any atom is -0.392 e. The largest absolute Gasteiger partial charge is 0.434 e. The number of ketones is 1. The minimum absolute atomic E-state index is 0.149. The number of nitrogens with one attached hydrogen (secondary N) is 1. The van der Waals surface area contributed by atoms with Gasteiger partial charge in [0.2, 0.25) is 5.89 Å². The van der Waals surface area contributed by atoms with Crippen LogP contribution in [0.3, 0.4) is 0 Å². The molecule has 0 radical (unpaired) electrons. The number of nitrogens with zero attached hydrogens (tertiary/aromatic N) is 2. The van der Waals surface area contributed by atoms with Crippen LogP contribution in [0.15, 0.2) is 9.21 Å². The normalized spacial score (nSPS) is 23.5. The third-order valence-corrected chi connectivity index (χ3v) is 4.87. The molecule has 1 amide bonds. The van der Waals surface area contributed by atoms with Gasteiger partial charge >= 0.3 is 11.7 Å². The fraction of sp³-hybridized carbons (Fsp3) is 0.733. The van der Waals surface area contributed by atoms with Crippen molar-refractivity contribution in [1.82, 2.24) is 15.1 Å². The van der Waals surface area contributed by atoms with E-state index in [1.165, 1.54) is 0 Å². The lowest BCUT2D eigenvalue weighted by Crippen LogP contribution is -2.51. The molecule has 1 saturated carbocycles. The Kier molecular flexibility index (Phi) is 4.51. The second-order valence-corrected chi connectivity index (χ2v) is 6.47. The molecule has 24 heavy (non-hydrogen) atoms. The van der Waals surface area contributed by atoms with Gasteiger partial charge in [0.25, 0.3) is 5.91 Å². The molecule has 1 aromatic rings. The Morgan fingerprint density at radius 2 is 1.96 bits per heavy atom. The van der Waals surface area contributed by atoms with Gasteiger partial charge in [-0.2, -0.15) is 8.78 Å². The fourth-order valence-corrected chi connectivity index (χ4v) is 3.46. The zero-order valence-corrected chi connectivity index (χ0v) is 13.1. The van der Waals surface area contributed by atoms with E-state index in [0.717, 1.165) is 4.90 Å². The molecule has 1 aliphatic carbocycles. The van der Waals surface area contributed by atoms with Crippen LogP contribution in [0.5, 0.6) is 0 Å². The van der Waals surface area contributed by atoms with Crippen molar-refractivity contribution in [3.63, 3.8) is 0 Å². The number of carbonyl (C=O) groups excluding carboxylic acids is 2. The third kappa shape index (κ3) is 3.25. The zero-order chi connectivity index (χ0) is 17.3. The smallest absolute Gasteiger partial charge is 0.392 e. The van der Waals surface area contributed by atoms with E-state index in [0.29, 0.717) is 25.7 Å². The molecule has 2 heterocycles. The average Bonchev–Trinajstić information content (AvgIpc) is 3.01. The quantitative estimate of drug-likeness (QED) is 0.896. The maximum atomic E-state index is 14.5. The van der Waals surface area contributed by atoms with Crippen LogP contribution in [-0.4, -0.2) is 45.8 Å². The molecular formula is C15H19F2N3O4. The second-order valence-electron chi connectivity index (χ2n) is 6.47. The predicted molar refractivity (Wildman–Crippen MR) is 77.6 cm³/mol. The molecular weight excluding hydrogens is 324 g/mol. The molecule has 132 valence electrons. The number of H-pyrrole nitrogens is 1. The van der Waals surface area contributed by atoms with Crippen LogP contribution in [-0.2, 0) is 9.59 Å². The van der Waals surface area contributed by atoms with Crippen LogP contribution in [0.1, 0.15) is 50.3 Å². The fourth-order valence-electron chi connectivity index (χ4n) is 3.46. The van der Waals surface area contributed by atoms with Crippen molar-refractivity contribution in [3.05, 3.63) is 16.4 Å². The summed E-state index contributed by atoms with van der Waals surface area (Å²) in [6.45, 7) is 0.298. The van der Waals surface area contributed by atoms with Gasteiger partial charge in [-0.05, 0) is 25.7 Å². The molecule has 1 aromatic heterocycles. The number of likely N-dealkylation sites (tertiary alicyclic amines) is 1. The SMILES string of the molecule is O=C1CCCC(C(F)(F)C(=O)N2CCC(c3n[nH]c(=O)o3)CC2)C1. The molecule has 1 atom stereocenters. The minimum atomic E-state index is -3.51. The Bertz CT molecular complexity index is 676. The number of alkyl halides is 2. The van der Waals surface area contributed by atoms with E-state index in [2.05, 4.69) is 10.2 Å². The van der Waals surface area contributed by atoms with Crippen LogP contribution in [0.25, 0.3) is 0 Å². The number of amides is 1. The van der Waals surface area contributed by atoms with E-state index in [-0.39, 0.29) is 43.5 Å². The van der Waals surface area contributed by atoms with Crippen molar-refractivity contribution in [3.8, 4) is 0 Å². The topological polar surface area (TPSA) is 96.3 Å². The molecule has 1 unspecified atom stereocenters. The van der Waals surface area contributed by atoms with Gasteiger partial charge in [-0.3, -0.25) is 9.59 Å². The van der Waals surface area contributed by atoms with Crippen molar-refractivity contribution in [2.75, 3.05) is 13.1 Å². The van der Waals surface area contributed by atoms with Crippen LogP contribution >= 0.6 is 0 Å². The Balaban J connectivity index is 1.61. The van der Waals surface area contributed by atoms with Crippen molar-refractivity contribution in [2.45, 2.75) is 50.4 Å². The Hall–Kier alpha value is -2.06. The molecule has 2 aliphatic rings. The summed E-state index contributed by atoms with van der Waals surface area (Å²) in [5, 5.41) is 5.91. The number of hydrogen-bond acceptors (Lipinski definition) is 5. The van der Waals surface area contributed by atoms with E-state index in [1.54, 1.807) is 0 Å². The van der Waals surface area contributed by atoms with Crippen LogP contribution in [0.4, 0.5) is 8.78 Å². The highest BCUT2D eigenvalue weighted by molar-refractivity contribution is 5.86. The molecule has 1 saturated heterocycles. The van der Waals surface area contributed by atoms with Crippen molar-refractivity contribution >= 4 is 11.7 Å². The highest BCUT2D eigenvalue weighted by Gasteiger charge is 2.50. The molecule has 1 N–H and O–H groups in total. The first kappa shape index (κ1) is 16.8. The zero-order valence-electron chi connectivity index (χ0n) is 13.1. The van der Waals surface area contributed by atoms with E-state index < -0.39 is 23.5 Å². The van der Waals surface area contributed by atoms with Gasteiger partial charge in [0, 0.05) is 37.8 Å². The van der Waals surface area contributed by atoms with Crippen molar-refractivity contribution in [1.29, 1.82) is 0 Å². The molecule has 0 bridgehead atoms. The molecule has 0 spiro atoms. The van der Waals surface area contributed by atoms with Crippen LogP contribution in [0.2, 0.25) is 0 Å². The summed E-state index contributed by atoms with van der Waals surface area (Å²) in [6.07, 6.45) is 1.50. The highest BCUT2D eigenvalue weighted by Crippen LogP contribution is 2.38. The molecule has 2 fully saturated rings. The van der Waals surface area contributed by atoms with Gasteiger partial charge in [0.1, 0.15) is 5.78 Å². The van der Waals surface area contributed by atoms with E-state index >= 15 is 0 Å². The number of rotatable bonds is 3. The number of aromatic amines is 1. The van der Waals surface area contributed by atoms with E-state index in [4.69, 9.17) is 4.42 Å². The van der Waals surface area contributed by atoms with Crippen LogP contribution < -0.4 is 5.76 Å². The number of aromatic nitrogens is 2.